The highest BCUT2D eigenvalue weighted by molar-refractivity contribution is 7.89. The van der Waals surface area contributed by atoms with Crippen molar-refractivity contribution < 1.29 is 23.0 Å². The fraction of sp³-hybridized carbons (Fsp3) is 0.286. The van der Waals surface area contributed by atoms with Gasteiger partial charge < -0.3 is 14.6 Å². The smallest absolute Gasteiger partial charge is 0.244 e. The van der Waals surface area contributed by atoms with E-state index < -0.39 is 16.1 Å². The van der Waals surface area contributed by atoms with Crippen LogP contribution in [-0.4, -0.2) is 34.3 Å². The van der Waals surface area contributed by atoms with Gasteiger partial charge in [0.1, 0.15) is 22.5 Å². The van der Waals surface area contributed by atoms with Crippen LogP contribution >= 0.6 is 11.3 Å². The fourth-order valence-electron chi connectivity index (χ4n) is 1.84. The van der Waals surface area contributed by atoms with Crippen LogP contribution in [0, 0.1) is 0 Å². The summed E-state index contributed by atoms with van der Waals surface area (Å²) in [5.74, 6) is 0.673. The van der Waals surface area contributed by atoms with Crippen LogP contribution in [0.1, 0.15) is 11.0 Å². The number of methoxy groups -OCH3 is 2. The Balaban J connectivity index is 2.16. The second-order valence-corrected chi connectivity index (χ2v) is 7.11. The zero-order chi connectivity index (χ0) is 16.2. The van der Waals surface area contributed by atoms with Crippen molar-refractivity contribution in [3.63, 3.8) is 0 Å². The van der Waals surface area contributed by atoms with Gasteiger partial charge in [-0.3, -0.25) is 0 Å². The van der Waals surface area contributed by atoms with Gasteiger partial charge in [0.05, 0.1) is 14.2 Å². The van der Waals surface area contributed by atoms with Gasteiger partial charge in [0.25, 0.3) is 0 Å². The summed E-state index contributed by atoms with van der Waals surface area (Å²) < 4.78 is 37.2. The summed E-state index contributed by atoms with van der Waals surface area (Å²) in [6, 6.07) is 7.97. The van der Waals surface area contributed by atoms with E-state index in [1.54, 1.807) is 12.1 Å². The third kappa shape index (κ3) is 3.77. The summed E-state index contributed by atoms with van der Waals surface area (Å²) in [6.07, 6.45) is -0.890. The minimum absolute atomic E-state index is 0.00539. The van der Waals surface area contributed by atoms with Crippen molar-refractivity contribution in [3.8, 4) is 11.5 Å². The molecule has 0 fully saturated rings. The molecule has 2 rings (SSSR count). The van der Waals surface area contributed by atoms with Gasteiger partial charge in [0.2, 0.25) is 10.0 Å². The lowest BCUT2D eigenvalue weighted by molar-refractivity contribution is 0.185. The standard InChI is InChI=1S/C14H17NO5S2/c1-19-10-5-6-14(12(8-10)20-2)22(17,18)15-9-11(16)13-4-3-7-21-13/h3-8,11,15-16H,9H2,1-2H3. The van der Waals surface area contributed by atoms with Gasteiger partial charge in [-0.2, -0.15) is 0 Å². The molecule has 0 radical (unpaired) electrons. The summed E-state index contributed by atoms with van der Waals surface area (Å²) in [7, 11) is -0.932. The molecule has 0 aliphatic heterocycles. The lowest BCUT2D eigenvalue weighted by Crippen LogP contribution is -2.28. The maximum atomic E-state index is 12.3. The molecule has 0 spiro atoms. The van der Waals surface area contributed by atoms with Crippen molar-refractivity contribution in [1.29, 1.82) is 0 Å². The lowest BCUT2D eigenvalue weighted by Gasteiger charge is -2.14. The second kappa shape index (κ2) is 7.10. The molecular weight excluding hydrogens is 326 g/mol. The number of hydrogen-bond acceptors (Lipinski definition) is 6. The number of aliphatic hydroxyl groups is 1. The van der Waals surface area contributed by atoms with Gasteiger partial charge in [-0.1, -0.05) is 6.07 Å². The highest BCUT2D eigenvalue weighted by Gasteiger charge is 2.21. The molecule has 1 atom stereocenters. The Morgan fingerprint density at radius 3 is 2.64 bits per heavy atom. The van der Waals surface area contributed by atoms with Gasteiger partial charge >= 0.3 is 0 Å². The molecule has 1 aromatic carbocycles. The Labute approximate surface area is 133 Å². The first-order chi connectivity index (χ1) is 10.5. The maximum absolute atomic E-state index is 12.3. The highest BCUT2D eigenvalue weighted by atomic mass is 32.2. The van der Waals surface area contributed by atoms with Crippen LogP contribution in [0.4, 0.5) is 0 Å². The van der Waals surface area contributed by atoms with E-state index in [1.165, 1.54) is 43.8 Å². The molecule has 0 amide bonds. The van der Waals surface area contributed by atoms with Crippen LogP contribution in [0.5, 0.6) is 11.5 Å². The summed E-state index contributed by atoms with van der Waals surface area (Å²) in [5, 5.41) is 11.8. The molecule has 22 heavy (non-hydrogen) atoms. The molecule has 1 heterocycles. The van der Waals surface area contributed by atoms with Crippen molar-refractivity contribution in [1.82, 2.24) is 4.72 Å². The van der Waals surface area contributed by atoms with Crippen LogP contribution in [-0.2, 0) is 10.0 Å². The van der Waals surface area contributed by atoms with Crippen LogP contribution in [0.3, 0.4) is 0 Å². The molecule has 6 nitrogen and oxygen atoms in total. The number of nitrogens with one attached hydrogen (secondary N) is 1. The van der Waals surface area contributed by atoms with E-state index >= 15 is 0 Å². The van der Waals surface area contributed by atoms with E-state index in [0.29, 0.717) is 10.6 Å². The molecule has 120 valence electrons. The average molecular weight is 343 g/mol. The van der Waals surface area contributed by atoms with E-state index in [-0.39, 0.29) is 17.2 Å². The quantitative estimate of drug-likeness (QED) is 0.800. The minimum Gasteiger partial charge on any atom is -0.497 e. The van der Waals surface area contributed by atoms with Gasteiger partial charge in [0.15, 0.2) is 0 Å². The van der Waals surface area contributed by atoms with Gasteiger partial charge in [0, 0.05) is 17.5 Å². The number of sulfonamides is 1. The first-order valence-corrected chi connectivity index (χ1v) is 8.77. The van der Waals surface area contributed by atoms with Crippen molar-refractivity contribution in [2.75, 3.05) is 20.8 Å². The Bertz CT molecular complexity index is 713. The monoisotopic (exact) mass is 343 g/mol. The number of benzene rings is 1. The third-order valence-corrected chi connectivity index (χ3v) is 5.44. The Morgan fingerprint density at radius 2 is 2.05 bits per heavy atom. The third-order valence-electron chi connectivity index (χ3n) is 3.00. The van der Waals surface area contributed by atoms with E-state index in [1.807, 2.05) is 5.38 Å². The molecule has 0 aliphatic rings. The van der Waals surface area contributed by atoms with Gasteiger partial charge in [-0.25, -0.2) is 13.1 Å². The molecule has 2 N–H and O–H groups in total. The number of ether oxygens (including phenoxy) is 2. The first-order valence-electron chi connectivity index (χ1n) is 6.41. The molecule has 1 unspecified atom stereocenters. The molecule has 0 saturated heterocycles. The van der Waals surface area contributed by atoms with Crippen LogP contribution in [0.2, 0.25) is 0 Å². The molecule has 0 bridgehead atoms. The highest BCUT2D eigenvalue weighted by Crippen LogP contribution is 2.28. The summed E-state index contributed by atoms with van der Waals surface area (Å²) in [6.45, 7) is -0.113. The van der Waals surface area contributed by atoms with E-state index in [2.05, 4.69) is 4.72 Å². The summed E-state index contributed by atoms with van der Waals surface area (Å²) in [5.41, 5.74) is 0. The number of rotatable bonds is 7. The number of thiophene rings is 1. The topological polar surface area (TPSA) is 84.9 Å². The largest absolute Gasteiger partial charge is 0.497 e. The van der Waals surface area contributed by atoms with Gasteiger partial charge in [-0.05, 0) is 23.6 Å². The second-order valence-electron chi connectivity index (χ2n) is 4.40. The predicted octanol–water partition coefficient (Wildman–Crippen LogP) is 1.78. The molecule has 8 heteroatoms. The Morgan fingerprint density at radius 1 is 1.27 bits per heavy atom. The molecule has 1 aromatic heterocycles. The van der Waals surface area contributed by atoms with Crippen molar-refractivity contribution in [2.45, 2.75) is 11.0 Å². The van der Waals surface area contributed by atoms with Crippen LogP contribution < -0.4 is 14.2 Å². The van der Waals surface area contributed by atoms with Crippen molar-refractivity contribution >= 4 is 21.4 Å². The summed E-state index contributed by atoms with van der Waals surface area (Å²) >= 11 is 1.36. The maximum Gasteiger partial charge on any atom is 0.244 e. The minimum atomic E-state index is -3.80. The fourth-order valence-corrected chi connectivity index (χ4v) is 3.74. The normalized spacial score (nSPS) is 12.9. The zero-order valence-corrected chi connectivity index (χ0v) is 13.8. The van der Waals surface area contributed by atoms with Crippen molar-refractivity contribution in [2.24, 2.45) is 0 Å². The Kier molecular flexibility index (Phi) is 5.41. The Hall–Kier alpha value is -1.61. The average Bonchev–Trinajstić information content (AvgIpc) is 3.06. The zero-order valence-electron chi connectivity index (χ0n) is 12.1. The van der Waals surface area contributed by atoms with Crippen molar-refractivity contribution in [3.05, 3.63) is 40.6 Å². The van der Waals surface area contributed by atoms with Crippen LogP contribution in [0.25, 0.3) is 0 Å². The molecule has 2 aromatic rings. The van der Waals surface area contributed by atoms with E-state index in [0.717, 1.165) is 0 Å². The van der Waals surface area contributed by atoms with Crippen LogP contribution in [0.15, 0.2) is 40.6 Å². The lowest BCUT2D eigenvalue weighted by atomic mass is 10.3. The predicted molar refractivity (Wildman–Crippen MR) is 84.0 cm³/mol. The SMILES string of the molecule is COc1ccc(S(=O)(=O)NCC(O)c2cccs2)c(OC)c1. The number of hydrogen-bond donors (Lipinski definition) is 2. The van der Waals surface area contributed by atoms with Gasteiger partial charge in [-0.15, -0.1) is 11.3 Å². The van der Waals surface area contributed by atoms with E-state index in [9.17, 15) is 13.5 Å². The molecule has 0 saturated carbocycles. The first kappa shape index (κ1) is 16.8. The summed E-state index contributed by atoms with van der Waals surface area (Å²) in [4.78, 5) is 0.693. The molecular formula is C14H17NO5S2. The molecule has 0 aliphatic carbocycles. The number of aliphatic hydroxyl groups excluding tert-OH is 1. The van der Waals surface area contributed by atoms with E-state index in [4.69, 9.17) is 9.47 Å².